The smallest absolute Gasteiger partial charge is 0.120 e. The van der Waals surface area contributed by atoms with Crippen LogP contribution in [-0.2, 0) is 16.9 Å². The second kappa shape index (κ2) is 12.6. The lowest BCUT2D eigenvalue weighted by Gasteiger charge is -2.45. The van der Waals surface area contributed by atoms with Gasteiger partial charge in [0.2, 0.25) is 0 Å². The Morgan fingerprint density at radius 2 is 1.92 bits per heavy atom. The van der Waals surface area contributed by atoms with Gasteiger partial charge in [-0.25, -0.2) is 0 Å². The molecule has 1 fully saturated rings. The molecule has 2 atom stereocenters. The van der Waals surface area contributed by atoms with Crippen molar-refractivity contribution in [1.29, 1.82) is 5.26 Å². The van der Waals surface area contributed by atoms with Gasteiger partial charge in [-0.05, 0) is 48.9 Å². The van der Waals surface area contributed by atoms with Gasteiger partial charge in [-0.2, -0.15) is 5.26 Å². The number of β-amino-alcohol motifs (C(OH)–C–C–N with tert-alkyl or cyclic N) is 1. The van der Waals surface area contributed by atoms with Gasteiger partial charge in [0, 0.05) is 50.1 Å². The van der Waals surface area contributed by atoms with Gasteiger partial charge in [-0.1, -0.05) is 29.8 Å². The molecule has 2 heterocycles. The van der Waals surface area contributed by atoms with Gasteiger partial charge in [-0.15, -0.1) is 0 Å². The summed E-state index contributed by atoms with van der Waals surface area (Å²) in [5, 5.41) is 31.3. The highest BCUT2D eigenvalue weighted by Gasteiger charge is 2.34. The first-order chi connectivity index (χ1) is 18.3. The number of aromatic nitrogens is 1. The van der Waals surface area contributed by atoms with Gasteiger partial charge in [0.25, 0.3) is 0 Å². The Hall–Kier alpha value is -3.19. The molecular weight excluding hydrogens is 504 g/mol. The van der Waals surface area contributed by atoms with E-state index in [9.17, 15) is 15.5 Å². The molecule has 1 unspecified atom stereocenters. The second-order valence-electron chi connectivity index (χ2n) is 9.60. The van der Waals surface area contributed by atoms with Crippen LogP contribution in [0.3, 0.4) is 0 Å². The zero-order valence-electron chi connectivity index (χ0n) is 21.7. The third kappa shape index (κ3) is 6.62. The van der Waals surface area contributed by atoms with E-state index in [0.29, 0.717) is 67.0 Å². The molecule has 1 aliphatic rings. The van der Waals surface area contributed by atoms with Crippen LogP contribution in [0, 0.1) is 11.3 Å². The van der Waals surface area contributed by atoms with Crippen LogP contribution in [0.5, 0.6) is 5.75 Å². The Morgan fingerprint density at radius 1 is 1.13 bits per heavy atom. The highest BCUT2D eigenvalue weighted by Crippen LogP contribution is 2.36. The number of methoxy groups -OCH3 is 1. The number of halogens is 1. The van der Waals surface area contributed by atoms with Crippen LogP contribution in [-0.4, -0.2) is 66.6 Å². The molecule has 2 aromatic carbocycles. The fraction of sp³-hybridized carbons (Fsp3) is 0.379. The lowest BCUT2D eigenvalue weighted by Crippen LogP contribution is -2.52. The van der Waals surface area contributed by atoms with Crippen molar-refractivity contribution in [3.8, 4) is 11.8 Å². The van der Waals surface area contributed by atoms with E-state index >= 15 is 0 Å². The number of aliphatic hydroxyl groups excluding tert-OH is 1. The number of ether oxygens (including phenoxy) is 2. The number of nitrogens with zero attached hydrogens (tertiary/aromatic N) is 4. The lowest BCUT2D eigenvalue weighted by atomic mass is 9.94. The number of nitriles is 1. The fourth-order valence-electron chi connectivity index (χ4n) is 4.79. The average molecular weight is 537 g/mol. The molecule has 9 heteroatoms. The Balaban J connectivity index is 1.59. The Labute approximate surface area is 228 Å². The molecule has 3 aromatic rings. The molecule has 1 aromatic heterocycles. The SMILES string of the molecule is COCCOc1ccc(N2CCN(C[C@@](C)(O)c3ccc(CO)nc3)CC2c2ccc(Cl)cc2)c(C#N)c1. The minimum Gasteiger partial charge on any atom is -0.491 e. The largest absolute Gasteiger partial charge is 0.491 e. The zero-order valence-corrected chi connectivity index (χ0v) is 22.4. The quantitative estimate of drug-likeness (QED) is 0.376. The van der Waals surface area contributed by atoms with Crippen molar-refractivity contribution < 1.29 is 19.7 Å². The first kappa shape index (κ1) is 27.8. The van der Waals surface area contributed by atoms with Crippen molar-refractivity contribution in [2.75, 3.05) is 51.4 Å². The Kier molecular flexibility index (Phi) is 9.21. The number of hydrogen-bond donors (Lipinski definition) is 2. The summed E-state index contributed by atoms with van der Waals surface area (Å²) in [6.07, 6.45) is 1.62. The minimum atomic E-state index is -1.13. The van der Waals surface area contributed by atoms with Gasteiger partial charge in [0.15, 0.2) is 0 Å². The molecule has 1 aliphatic heterocycles. The normalized spacial score (nSPS) is 17.6. The van der Waals surface area contributed by atoms with Gasteiger partial charge in [-0.3, -0.25) is 9.88 Å². The van der Waals surface area contributed by atoms with E-state index < -0.39 is 5.60 Å². The van der Waals surface area contributed by atoms with Crippen molar-refractivity contribution >= 4 is 17.3 Å². The van der Waals surface area contributed by atoms with Crippen LogP contribution >= 0.6 is 11.6 Å². The predicted molar refractivity (Wildman–Crippen MR) is 146 cm³/mol. The van der Waals surface area contributed by atoms with Gasteiger partial charge >= 0.3 is 0 Å². The number of hydrogen-bond acceptors (Lipinski definition) is 8. The summed E-state index contributed by atoms with van der Waals surface area (Å²) >= 11 is 6.18. The molecular formula is C29H33ClN4O4. The molecule has 8 nitrogen and oxygen atoms in total. The summed E-state index contributed by atoms with van der Waals surface area (Å²) in [4.78, 5) is 8.70. The Bertz CT molecular complexity index is 1240. The molecule has 0 aliphatic carbocycles. The summed E-state index contributed by atoms with van der Waals surface area (Å²) in [5.74, 6) is 0.626. The zero-order chi connectivity index (χ0) is 27.1. The highest BCUT2D eigenvalue weighted by molar-refractivity contribution is 6.30. The van der Waals surface area contributed by atoms with E-state index in [4.69, 9.17) is 21.1 Å². The van der Waals surface area contributed by atoms with Crippen LogP contribution in [0.25, 0.3) is 0 Å². The monoisotopic (exact) mass is 536 g/mol. The third-order valence-corrected chi connectivity index (χ3v) is 7.07. The van der Waals surface area contributed by atoms with E-state index in [2.05, 4.69) is 20.9 Å². The number of rotatable bonds is 10. The molecule has 0 saturated carbocycles. The first-order valence-corrected chi connectivity index (χ1v) is 12.9. The molecule has 4 rings (SSSR count). The highest BCUT2D eigenvalue weighted by atomic mass is 35.5. The van der Waals surface area contributed by atoms with Crippen molar-refractivity contribution in [3.63, 3.8) is 0 Å². The summed E-state index contributed by atoms with van der Waals surface area (Å²) in [6, 6.07) is 19.1. The lowest BCUT2D eigenvalue weighted by molar-refractivity contribution is 0.00996. The first-order valence-electron chi connectivity index (χ1n) is 12.5. The van der Waals surface area contributed by atoms with Crippen molar-refractivity contribution in [1.82, 2.24) is 9.88 Å². The number of pyridine rings is 1. The predicted octanol–water partition coefficient (Wildman–Crippen LogP) is 3.90. The number of aliphatic hydroxyl groups is 2. The third-order valence-electron chi connectivity index (χ3n) is 6.81. The summed E-state index contributed by atoms with van der Waals surface area (Å²) in [6.45, 7) is 4.91. The fourth-order valence-corrected chi connectivity index (χ4v) is 4.92. The maximum atomic E-state index is 11.3. The average Bonchev–Trinajstić information content (AvgIpc) is 2.93. The number of anilines is 1. The van der Waals surface area contributed by atoms with E-state index in [1.807, 2.05) is 36.4 Å². The van der Waals surface area contributed by atoms with Crippen LogP contribution in [0.15, 0.2) is 60.8 Å². The molecule has 0 amide bonds. The summed E-state index contributed by atoms with van der Waals surface area (Å²) in [5.41, 5.74) is 2.56. The molecule has 0 radical (unpaired) electrons. The summed E-state index contributed by atoms with van der Waals surface area (Å²) < 4.78 is 10.8. The molecule has 38 heavy (non-hydrogen) atoms. The van der Waals surface area contributed by atoms with Gasteiger partial charge in [0.1, 0.15) is 24.0 Å². The van der Waals surface area contributed by atoms with Gasteiger partial charge < -0.3 is 24.6 Å². The van der Waals surface area contributed by atoms with Crippen LogP contribution in [0.4, 0.5) is 5.69 Å². The molecule has 200 valence electrons. The maximum Gasteiger partial charge on any atom is 0.120 e. The van der Waals surface area contributed by atoms with Gasteiger partial charge in [0.05, 0.1) is 36.2 Å². The van der Waals surface area contributed by atoms with Crippen molar-refractivity contribution in [2.24, 2.45) is 0 Å². The summed E-state index contributed by atoms with van der Waals surface area (Å²) in [7, 11) is 1.62. The minimum absolute atomic E-state index is 0.0703. The number of piperazine rings is 1. The number of benzene rings is 2. The second-order valence-corrected chi connectivity index (χ2v) is 10.0. The molecule has 0 bridgehead atoms. The molecule has 1 saturated heterocycles. The standard InChI is InChI=1S/C29H33ClN4O4/c1-29(36,23-5-8-25(19-35)32-17-23)20-33-11-12-34(28(18-33)21-3-6-24(30)7-4-21)27-10-9-26(15-22(27)16-31)38-14-13-37-2/h3-10,15,17,28,35-36H,11-14,18-20H2,1-2H3/t28?,29-/m1/s1. The van der Waals surface area contributed by atoms with E-state index in [1.54, 1.807) is 38.4 Å². The van der Waals surface area contributed by atoms with Crippen LogP contribution in [0.1, 0.15) is 35.3 Å². The van der Waals surface area contributed by atoms with E-state index in [1.165, 1.54) is 0 Å². The van der Waals surface area contributed by atoms with E-state index in [0.717, 1.165) is 11.3 Å². The molecule has 2 N–H and O–H groups in total. The Morgan fingerprint density at radius 3 is 2.58 bits per heavy atom. The van der Waals surface area contributed by atoms with Crippen LogP contribution in [0.2, 0.25) is 5.02 Å². The maximum absolute atomic E-state index is 11.3. The van der Waals surface area contributed by atoms with E-state index in [-0.39, 0.29) is 12.6 Å². The van der Waals surface area contributed by atoms with Crippen molar-refractivity contribution in [2.45, 2.75) is 25.2 Å². The molecule has 0 spiro atoms. The van der Waals surface area contributed by atoms with Crippen LogP contribution < -0.4 is 9.64 Å². The topological polar surface area (TPSA) is 102 Å². The van der Waals surface area contributed by atoms with Crippen molar-refractivity contribution in [3.05, 3.63) is 88.2 Å².